The smallest absolute Gasteiger partial charge is 0.276 e. The molecule has 2 rings (SSSR count). The average Bonchev–Trinajstić information content (AvgIpc) is 2.44. The van der Waals surface area contributed by atoms with E-state index in [1.807, 2.05) is 13.8 Å². The highest BCUT2D eigenvalue weighted by molar-refractivity contribution is 6.34. The van der Waals surface area contributed by atoms with Crippen molar-refractivity contribution in [3.63, 3.8) is 0 Å². The summed E-state index contributed by atoms with van der Waals surface area (Å²) in [5.41, 5.74) is -0.0389. The number of carbonyl (C=O) groups is 1. The first-order valence-corrected chi connectivity index (χ1v) is 6.93. The van der Waals surface area contributed by atoms with Crippen LogP contribution in [0.5, 0.6) is 0 Å². The van der Waals surface area contributed by atoms with Gasteiger partial charge in [0, 0.05) is 5.92 Å². The molecular formula is C14H12Cl2FN3O. The molecule has 4 nitrogen and oxygen atoms in total. The normalized spacial score (nSPS) is 10.8. The van der Waals surface area contributed by atoms with E-state index in [4.69, 9.17) is 23.2 Å². The van der Waals surface area contributed by atoms with Crippen molar-refractivity contribution < 1.29 is 9.18 Å². The largest absolute Gasteiger partial charge is 0.318 e. The van der Waals surface area contributed by atoms with Crippen LogP contribution in [0.1, 0.15) is 36.1 Å². The lowest BCUT2D eigenvalue weighted by molar-refractivity contribution is 0.102. The summed E-state index contributed by atoms with van der Waals surface area (Å²) < 4.78 is 13.8. The molecular weight excluding hydrogens is 316 g/mol. The maximum absolute atomic E-state index is 13.8. The lowest BCUT2D eigenvalue weighted by atomic mass is 10.2. The maximum atomic E-state index is 13.8. The molecule has 1 heterocycles. The Kier molecular flexibility index (Phi) is 4.75. The van der Waals surface area contributed by atoms with Crippen LogP contribution in [0, 0.1) is 5.82 Å². The molecule has 1 aromatic heterocycles. The van der Waals surface area contributed by atoms with E-state index in [-0.39, 0.29) is 27.3 Å². The Labute approximate surface area is 131 Å². The lowest BCUT2D eigenvalue weighted by Crippen LogP contribution is -2.17. The second-order valence-electron chi connectivity index (χ2n) is 4.63. The Morgan fingerprint density at radius 3 is 2.67 bits per heavy atom. The van der Waals surface area contributed by atoms with Crippen LogP contribution >= 0.6 is 23.2 Å². The van der Waals surface area contributed by atoms with Gasteiger partial charge < -0.3 is 5.32 Å². The third-order valence-electron chi connectivity index (χ3n) is 2.69. The fourth-order valence-electron chi connectivity index (χ4n) is 1.60. The molecule has 2 aromatic rings. The van der Waals surface area contributed by atoms with Crippen molar-refractivity contribution in [3.8, 4) is 0 Å². The molecule has 0 saturated carbocycles. The van der Waals surface area contributed by atoms with E-state index in [2.05, 4.69) is 15.3 Å². The lowest BCUT2D eigenvalue weighted by Gasteiger charge is -2.10. The SMILES string of the molecule is CC(C)c1ncc(Cl)c(C(=O)Nc2cccc(Cl)c2F)n1. The Balaban J connectivity index is 2.32. The van der Waals surface area contributed by atoms with Crippen LogP contribution < -0.4 is 5.32 Å². The zero-order valence-corrected chi connectivity index (χ0v) is 12.8. The van der Waals surface area contributed by atoms with Gasteiger partial charge >= 0.3 is 0 Å². The van der Waals surface area contributed by atoms with Gasteiger partial charge in [-0.15, -0.1) is 0 Å². The Morgan fingerprint density at radius 2 is 2.00 bits per heavy atom. The molecule has 0 aliphatic heterocycles. The Morgan fingerprint density at radius 1 is 1.29 bits per heavy atom. The van der Waals surface area contributed by atoms with Gasteiger partial charge in [-0.05, 0) is 12.1 Å². The van der Waals surface area contributed by atoms with Gasteiger partial charge in [-0.2, -0.15) is 0 Å². The number of amides is 1. The minimum absolute atomic E-state index is 0.00487. The van der Waals surface area contributed by atoms with Crippen molar-refractivity contribution in [1.29, 1.82) is 0 Å². The van der Waals surface area contributed by atoms with Gasteiger partial charge in [0.15, 0.2) is 11.5 Å². The standard InChI is InChI=1S/C14H12Cl2FN3O/c1-7(2)13-18-6-9(16)12(20-13)14(21)19-10-5-3-4-8(15)11(10)17/h3-7H,1-2H3,(H,19,21). The number of anilines is 1. The monoisotopic (exact) mass is 327 g/mol. The molecule has 0 aliphatic rings. The number of halogens is 3. The molecule has 0 spiro atoms. The van der Waals surface area contributed by atoms with Crippen molar-refractivity contribution >= 4 is 34.8 Å². The molecule has 0 atom stereocenters. The van der Waals surface area contributed by atoms with Gasteiger partial charge in [-0.3, -0.25) is 4.79 Å². The average molecular weight is 328 g/mol. The first-order chi connectivity index (χ1) is 9.90. The van der Waals surface area contributed by atoms with Gasteiger partial charge in [-0.25, -0.2) is 14.4 Å². The summed E-state index contributed by atoms with van der Waals surface area (Å²) in [4.78, 5) is 20.3. The number of benzene rings is 1. The van der Waals surface area contributed by atoms with E-state index in [0.29, 0.717) is 5.82 Å². The summed E-state index contributed by atoms with van der Waals surface area (Å²) in [5.74, 6) is -0.805. The van der Waals surface area contributed by atoms with E-state index in [9.17, 15) is 9.18 Å². The van der Waals surface area contributed by atoms with E-state index in [0.717, 1.165) is 0 Å². The predicted molar refractivity (Wildman–Crippen MR) is 80.5 cm³/mol. The van der Waals surface area contributed by atoms with E-state index >= 15 is 0 Å². The zero-order chi connectivity index (χ0) is 15.6. The van der Waals surface area contributed by atoms with Crippen LogP contribution in [-0.4, -0.2) is 15.9 Å². The topological polar surface area (TPSA) is 54.9 Å². The number of rotatable bonds is 3. The van der Waals surface area contributed by atoms with Gasteiger partial charge in [0.05, 0.1) is 21.9 Å². The van der Waals surface area contributed by atoms with Crippen LogP contribution in [-0.2, 0) is 0 Å². The Hall–Kier alpha value is -1.72. The fourth-order valence-corrected chi connectivity index (χ4v) is 1.95. The highest BCUT2D eigenvalue weighted by Gasteiger charge is 2.17. The first-order valence-electron chi connectivity index (χ1n) is 6.18. The summed E-state index contributed by atoms with van der Waals surface area (Å²) >= 11 is 11.6. The van der Waals surface area contributed by atoms with Crippen LogP contribution in [0.15, 0.2) is 24.4 Å². The van der Waals surface area contributed by atoms with Crippen LogP contribution in [0.4, 0.5) is 10.1 Å². The fraction of sp³-hybridized carbons (Fsp3) is 0.214. The number of hydrogen-bond donors (Lipinski definition) is 1. The quantitative estimate of drug-likeness (QED) is 0.914. The molecule has 0 aliphatic carbocycles. The van der Waals surface area contributed by atoms with E-state index in [1.165, 1.54) is 24.4 Å². The Bertz CT molecular complexity index is 692. The van der Waals surface area contributed by atoms with Crippen molar-refractivity contribution in [3.05, 3.63) is 51.8 Å². The molecule has 0 saturated heterocycles. The van der Waals surface area contributed by atoms with E-state index < -0.39 is 11.7 Å². The highest BCUT2D eigenvalue weighted by Crippen LogP contribution is 2.23. The van der Waals surface area contributed by atoms with Gasteiger partial charge in [0.2, 0.25) is 0 Å². The molecule has 0 radical (unpaired) electrons. The number of aromatic nitrogens is 2. The van der Waals surface area contributed by atoms with Gasteiger partial charge in [0.1, 0.15) is 5.82 Å². The first kappa shape index (κ1) is 15.7. The number of carbonyl (C=O) groups excluding carboxylic acids is 1. The predicted octanol–water partition coefficient (Wildman–Crippen LogP) is 4.30. The molecule has 0 fully saturated rings. The van der Waals surface area contributed by atoms with E-state index in [1.54, 1.807) is 0 Å². The number of nitrogens with one attached hydrogen (secondary N) is 1. The second-order valence-corrected chi connectivity index (χ2v) is 5.45. The zero-order valence-electron chi connectivity index (χ0n) is 11.3. The molecule has 1 amide bonds. The van der Waals surface area contributed by atoms with Crippen molar-refractivity contribution in [2.24, 2.45) is 0 Å². The molecule has 0 unspecified atom stereocenters. The minimum atomic E-state index is -0.707. The number of nitrogens with zero attached hydrogens (tertiary/aromatic N) is 2. The van der Waals surface area contributed by atoms with Gasteiger partial charge in [-0.1, -0.05) is 43.1 Å². The highest BCUT2D eigenvalue weighted by atomic mass is 35.5. The molecule has 110 valence electrons. The molecule has 0 bridgehead atoms. The number of hydrogen-bond acceptors (Lipinski definition) is 3. The summed E-state index contributed by atoms with van der Waals surface area (Å²) in [6, 6.07) is 4.32. The second kappa shape index (κ2) is 6.37. The third-order valence-corrected chi connectivity index (χ3v) is 3.26. The van der Waals surface area contributed by atoms with Crippen LogP contribution in [0.25, 0.3) is 0 Å². The summed E-state index contributed by atoms with van der Waals surface area (Å²) in [7, 11) is 0. The minimum Gasteiger partial charge on any atom is -0.318 e. The van der Waals surface area contributed by atoms with Crippen LogP contribution in [0.2, 0.25) is 10.0 Å². The maximum Gasteiger partial charge on any atom is 0.276 e. The third kappa shape index (κ3) is 3.49. The molecule has 21 heavy (non-hydrogen) atoms. The molecule has 1 N–H and O–H groups in total. The van der Waals surface area contributed by atoms with Crippen molar-refractivity contribution in [2.75, 3.05) is 5.32 Å². The molecule has 1 aromatic carbocycles. The summed E-state index contributed by atoms with van der Waals surface area (Å²) in [6.45, 7) is 3.78. The summed E-state index contributed by atoms with van der Waals surface area (Å²) in [5, 5.41) is 2.42. The van der Waals surface area contributed by atoms with Crippen LogP contribution in [0.3, 0.4) is 0 Å². The molecule has 7 heteroatoms. The van der Waals surface area contributed by atoms with Gasteiger partial charge in [0.25, 0.3) is 5.91 Å². The van der Waals surface area contributed by atoms with Crippen molar-refractivity contribution in [2.45, 2.75) is 19.8 Å². The van der Waals surface area contributed by atoms with Crippen molar-refractivity contribution in [1.82, 2.24) is 9.97 Å². The summed E-state index contributed by atoms with van der Waals surface area (Å²) in [6.07, 6.45) is 1.35.